The van der Waals surface area contributed by atoms with Crippen molar-refractivity contribution in [1.29, 1.82) is 0 Å². The Morgan fingerprint density at radius 3 is 2.67 bits per heavy atom. The number of rotatable bonds is 3. The number of benzene rings is 2. The molecule has 2 aromatic carbocycles. The Labute approximate surface area is 107 Å². The van der Waals surface area contributed by atoms with Crippen LogP contribution in [0.5, 0.6) is 0 Å². The van der Waals surface area contributed by atoms with E-state index in [1.807, 2.05) is 0 Å². The first-order chi connectivity index (χ1) is 8.85. The average molecular weight is 239 g/mol. The Balaban J connectivity index is 1.85. The lowest BCUT2D eigenvalue weighted by molar-refractivity contribution is 0.941. The summed E-state index contributed by atoms with van der Waals surface area (Å²) in [6.07, 6.45) is 3.17. The molecule has 18 heavy (non-hydrogen) atoms. The van der Waals surface area contributed by atoms with Crippen LogP contribution in [0.15, 0.2) is 47.5 Å². The van der Waals surface area contributed by atoms with Crippen LogP contribution in [0.1, 0.15) is 18.4 Å². The van der Waals surface area contributed by atoms with Crippen molar-refractivity contribution >= 4 is 16.6 Å². The molecule has 0 radical (unpaired) electrons. The summed E-state index contributed by atoms with van der Waals surface area (Å²) in [7, 11) is 0. The van der Waals surface area contributed by atoms with E-state index in [0.717, 1.165) is 12.3 Å². The van der Waals surface area contributed by atoms with Gasteiger partial charge in [0, 0.05) is 6.42 Å². The first-order valence-corrected chi connectivity index (χ1v) is 6.36. The molecule has 3 heteroatoms. The molecular formula is C15H17N3. The van der Waals surface area contributed by atoms with Gasteiger partial charge in [0.05, 0.1) is 6.04 Å². The zero-order valence-corrected chi connectivity index (χ0v) is 10.3. The first kappa shape index (κ1) is 11.2. The van der Waals surface area contributed by atoms with E-state index < -0.39 is 0 Å². The molecular weight excluding hydrogens is 222 g/mol. The summed E-state index contributed by atoms with van der Waals surface area (Å²) in [5.41, 5.74) is 3.96. The summed E-state index contributed by atoms with van der Waals surface area (Å²) in [4.78, 5) is 4.56. The predicted molar refractivity (Wildman–Crippen MR) is 75.4 cm³/mol. The van der Waals surface area contributed by atoms with E-state index >= 15 is 0 Å². The Morgan fingerprint density at radius 2 is 1.94 bits per heavy atom. The van der Waals surface area contributed by atoms with Gasteiger partial charge in [-0.1, -0.05) is 42.5 Å². The lowest BCUT2D eigenvalue weighted by Gasteiger charge is -2.07. The van der Waals surface area contributed by atoms with Gasteiger partial charge >= 0.3 is 0 Å². The van der Waals surface area contributed by atoms with Crippen LogP contribution in [-0.4, -0.2) is 11.9 Å². The van der Waals surface area contributed by atoms with Gasteiger partial charge in [0.25, 0.3) is 0 Å². The van der Waals surface area contributed by atoms with E-state index in [0.29, 0.717) is 6.04 Å². The third-order valence-corrected chi connectivity index (χ3v) is 3.24. The van der Waals surface area contributed by atoms with E-state index in [4.69, 9.17) is 5.84 Å². The highest BCUT2D eigenvalue weighted by Crippen LogP contribution is 2.24. The average Bonchev–Trinajstić information content (AvgIpc) is 3.22. The maximum Gasteiger partial charge on any atom is 0.115 e. The number of nitrogens with one attached hydrogen (secondary N) is 1. The minimum Gasteiger partial charge on any atom is -0.312 e. The molecule has 3 nitrogen and oxygen atoms in total. The van der Waals surface area contributed by atoms with Crippen molar-refractivity contribution in [2.75, 3.05) is 0 Å². The normalized spacial score (nSPS) is 15.9. The van der Waals surface area contributed by atoms with Gasteiger partial charge < -0.3 is 5.43 Å². The fraction of sp³-hybridized carbons (Fsp3) is 0.267. The standard InChI is InChI=1S/C15H17N3/c16-18-15(17-14-7-8-14)10-11-5-6-12-3-1-2-4-13(12)9-11/h1-6,9,14H,7-8,10,16H2,(H,17,18). The number of nitrogens with zero attached hydrogens (tertiary/aromatic N) is 1. The number of hydrogen-bond acceptors (Lipinski definition) is 2. The van der Waals surface area contributed by atoms with Gasteiger partial charge in [0.1, 0.15) is 5.84 Å². The fourth-order valence-electron chi connectivity index (χ4n) is 2.10. The van der Waals surface area contributed by atoms with Gasteiger partial charge in [0.2, 0.25) is 0 Å². The third kappa shape index (κ3) is 2.51. The molecule has 92 valence electrons. The topological polar surface area (TPSA) is 50.4 Å². The van der Waals surface area contributed by atoms with Crippen molar-refractivity contribution in [3.05, 3.63) is 48.0 Å². The number of hydrazine groups is 1. The van der Waals surface area contributed by atoms with Gasteiger partial charge in [-0.05, 0) is 29.2 Å². The molecule has 1 aliphatic carbocycles. The number of amidine groups is 1. The molecule has 0 saturated heterocycles. The van der Waals surface area contributed by atoms with Crippen molar-refractivity contribution in [1.82, 2.24) is 5.43 Å². The summed E-state index contributed by atoms with van der Waals surface area (Å²) in [5, 5.41) is 2.53. The molecule has 3 N–H and O–H groups in total. The monoisotopic (exact) mass is 239 g/mol. The molecule has 3 rings (SSSR count). The molecule has 0 atom stereocenters. The highest BCUT2D eigenvalue weighted by Gasteiger charge is 2.20. The maximum absolute atomic E-state index is 5.53. The number of hydrogen-bond donors (Lipinski definition) is 2. The quantitative estimate of drug-likeness (QED) is 0.374. The highest BCUT2D eigenvalue weighted by atomic mass is 15.3. The summed E-state index contributed by atoms with van der Waals surface area (Å²) in [5.74, 6) is 6.41. The van der Waals surface area contributed by atoms with E-state index in [2.05, 4.69) is 52.9 Å². The Morgan fingerprint density at radius 1 is 1.17 bits per heavy atom. The van der Waals surface area contributed by atoms with Crippen LogP contribution >= 0.6 is 0 Å². The molecule has 0 heterocycles. The molecule has 0 bridgehead atoms. The van der Waals surface area contributed by atoms with Crippen LogP contribution in [0.3, 0.4) is 0 Å². The number of fused-ring (bicyclic) bond motifs is 1. The minimum absolute atomic E-state index is 0.497. The first-order valence-electron chi connectivity index (χ1n) is 6.36. The van der Waals surface area contributed by atoms with Crippen LogP contribution in [0.25, 0.3) is 10.8 Å². The van der Waals surface area contributed by atoms with Crippen molar-refractivity contribution in [2.24, 2.45) is 10.8 Å². The van der Waals surface area contributed by atoms with Gasteiger partial charge in [-0.3, -0.25) is 4.99 Å². The van der Waals surface area contributed by atoms with E-state index in [9.17, 15) is 0 Å². The van der Waals surface area contributed by atoms with E-state index in [-0.39, 0.29) is 0 Å². The van der Waals surface area contributed by atoms with Crippen LogP contribution in [0.2, 0.25) is 0 Å². The van der Waals surface area contributed by atoms with Crippen molar-refractivity contribution in [3.8, 4) is 0 Å². The predicted octanol–water partition coefficient (Wildman–Crippen LogP) is 2.41. The fourth-order valence-corrected chi connectivity index (χ4v) is 2.10. The molecule has 0 amide bonds. The number of aliphatic imine (C=N–C) groups is 1. The van der Waals surface area contributed by atoms with Gasteiger partial charge in [-0.2, -0.15) is 0 Å². The van der Waals surface area contributed by atoms with E-state index in [1.54, 1.807) is 0 Å². The Hall–Kier alpha value is -1.87. The second kappa shape index (κ2) is 4.78. The zero-order valence-electron chi connectivity index (χ0n) is 10.3. The molecule has 1 saturated carbocycles. The summed E-state index contributed by atoms with van der Waals surface area (Å²) in [6.45, 7) is 0. The smallest absolute Gasteiger partial charge is 0.115 e. The lowest BCUT2D eigenvalue weighted by Crippen LogP contribution is -2.32. The van der Waals surface area contributed by atoms with Gasteiger partial charge in [0.15, 0.2) is 0 Å². The third-order valence-electron chi connectivity index (χ3n) is 3.24. The van der Waals surface area contributed by atoms with Gasteiger partial charge in [-0.15, -0.1) is 0 Å². The summed E-state index contributed by atoms with van der Waals surface area (Å²) in [6, 6.07) is 15.4. The molecule has 1 aliphatic rings. The number of nitrogens with two attached hydrogens (primary N) is 1. The largest absolute Gasteiger partial charge is 0.312 e. The van der Waals surface area contributed by atoms with Crippen molar-refractivity contribution < 1.29 is 0 Å². The highest BCUT2D eigenvalue weighted by molar-refractivity contribution is 5.87. The van der Waals surface area contributed by atoms with E-state index in [1.165, 1.54) is 29.2 Å². The molecule has 0 spiro atoms. The van der Waals surface area contributed by atoms with Crippen molar-refractivity contribution in [3.63, 3.8) is 0 Å². The van der Waals surface area contributed by atoms with Crippen LogP contribution in [0.4, 0.5) is 0 Å². The van der Waals surface area contributed by atoms with Crippen molar-refractivity contribution in [2.45, 2.75) is 25.3 Å². The molecule has 1 fully saturated rings. The molecule has 0 unspecified atom stereocenters. The van der Waals surface area contributed by atoms with Crippen LogP contribution in [0, 0.1) is 0 Å². The van der Waals surface area contributed by atoms with Crippen LogP contribution in [-0.2, 0) is 6.42 Å². The second-order valence-electron chi connectivity index (χ2n) is 4.81. The molecule has 0 aliphatic heterocycles. The van der Waals surface area contributed by atoms with Crippen LogP contribution < -0.4 is 11.3 Å². The Bertz CT molecular complexity index is 585. The SMILES string of the molecule is NNC(Cc1ccc2ccccc2c1)=NC1CC1. The maximum atomic E-state index is 5.53. The molecule has 0 aromatic heterocycles. The molecule has 2 aromatic rings. The van der Waals surface area contributed by atoms with Gasteiger partial charge in [-0.25, -0.2) is 5.84 Å². The zero-order chi connectivity index (χ0) is 12.4. The minimum atomic E-state index is 0.497. The lowest BCUT2D eigenvalue weighted by atomic mass is 10.0. The summed E-state index contributed by atoms with van der Waals surface area (Å²) < 4.78 is 0. The Kier molecular flexibility index (Phi) is 2.99. The summed E-state index contributed by atoms with van der Waals surface area (Å²) >= 11 is 0. The second-order valence-corrected chi connectivity index (χ2v) is 4.81.